The van der Waals surface area contributed by atoms with E-state index in [1.54, 1.807) is 12.1 Å². The molecule has 1 N–H and O–H groups in total. The van der Waals surface area contributed by atoms with Gasteiger partial charge in [0.25, 0.3) is 0 Å². The Morgan fingerprint density at radius 3 is 2.64 bits per heavy atom. The molecule has 1 saturated heterocycles. The average Bonchev–Trinajstić information content (AvgIpc) is 3.03. The summed E-state index contributed by atoms with van der Waals surface area (Å²) in [4.78, 5) is 12.7. The maximum atomic E-state index is 12.7. The van der Waals surface area contributed by atoms with Crippen LogP contribution in [0, 0.1) is 6.92 Å². The Morgan fingerprint density at radius 2 is 1.86 bits per heavy atom. The van der Waals surface area contributed by atoms with Crippen LogP contribution in [0.4, 0.5) is 11.4 Å². The number of carbonyl (C=O) groups is 1. The molecule has 3 aromatic carbocycles. The van der Waals surface area contributed by atoms with E-state index in [-0.39, 0.29) is 18.1 Å². The zero-order valence-electron chi connectivity index (χ0n) is 15.7. The van der Waals surface area contributed by atoms with Crippen molar-refractivity contribution in [2.45, 2.75) is 19.8 Å². The Labute approximate surface area is 165 Å². The fourth-order valence-corrected chi connectivity index (χ4v) is 5.20. The Morgan fingerprint density at radius 1 is 1.07 bits per heavy atom. The van der Waals surface area contributed by atoms with Gasteiger partial charge in [0.2, 0.25) is 15.9 Å². The number of anilines is 2. The molecule has 6 heteroatoms. The lowest BCUT2D eigenvalue weighted by Gasteiger charge is -2.19. The van der Waals surface area contributed by atoms with Crippen LogP contribution in [0.1, 0.15) is 17.5 Å². The van der Waals surface area contributed by atoms with Crippen LogP contribution in [0.25, 0.3) is 10.8 Å². The van der Waals surface area contributed by atoms with Gasteiger partial charge in [-0.1, -0.05) is 48.5 Å². The quantitative estimate of drug-likeness (QED) is 0.730. The first-order valence-corrected chi connectivity index (χ1v) is 10.9. The van der Waals surface area contributed by atoms with Crippen LogP contribution in [0.3, 0.4) is 0 Å². The van der Waals surface area contributed by atoms with Crippen LogP contribution in [0.5, 0.6) is 0 Å². The van der Waals surface area contributed by atoms with Crippen molar-refractivity contribution in [1.29, 1.82) is 0 Å². The van der Waals surface area contributed by atoms with Crippen molar-refractivity contribution in [1.82, 2.24) is 0 Å². The van der Waals surface area contributed by atoms with Crippen LogP contribution >= 0.6 is 0 Å². The monoisotopic (exact) mass is 394 g/mol. The third-order valence-electron chi connectivity index (χ3n) is 5.11. The molecule has 1 heterocycles. The lowest BCUT2D eigenvalue weighted by atomic mass is 10.0. The van der Waals surface area contributed by atoms with E-state index in [9.17, 15) is 13.2 Å². The van der Waals surface area contributed by atoms with Gasteiger partial charge in [-0.15, -0.1) is 0 Å². The molecular weight excluding hydrogens is 372 g/mol. The van der Waals surface area contributed by atoms with E-state index < -0.39 is 10.0 Å². The molecule has 28 heavy (non-hydrogen) atoms. The first-order valence-electron chi connectivity index (χ1n) is 9.32. The van der Waals surface area contributed by atoms with E-state index in [4.69, 9.17) is 0 Å². The molecule has 1 aliphatic heterocycles. The molecule has 3 aromatic rings. The van der Waals surface area contributed by atoms with Gasteiger partial charge in [0.1, 0.15) is 0 Å². The first kappa shape index (κ1) is 18.5. The number of carbonyl (C=O) groups excluding carboxylic acids is 1. The predicted octanol–water partition coefficient (Wildman–Crippen LogP) is 3.87. The fraction of sp³-hybridized carbons (Fsp3) is 0.227. The summed E-state index contributed by atoms with van der Waals surface area (Å²) in [5, 5.41) is 5.12. The van der Waals surface area contributed by atoms with Crippen molar-refractivity contribution in [3.8, 4) is 0 Å². The average molecular weight is 394 g/mol. The SMILES string of the molecule is Cc1ccc(N2CCCS2(=O)=O)cc1NC(=O)Cc1cccc2ccccc12. The number of sulfonamides is 1. The normalized spacial score (nSPS) is 15.7. The van der Waals surface area contributed by atoms with Crippen molar-refractivity contribution in [2.75, 3.05) is 21.9 Å². The smallest absolute Gasteiger partial charge is 0.235 e. The molecule has 1 fully saturated rings. The van der Waals surface area contributed by atoms with Crippen molar-refractivity contribution in [3.63, 3.8) is 0 Å². The maximum absolute atomic E-state index is 12.7. The summed E-state index contributed by atoms with van der Waals surface area (Å²) >= 11 is 0. The van der Waals surface area contributed by atoms with Crippen molar-refractivity contribution >= 4 is 38.1 Å². The largest absolute Gasteiger partial charge is 0.325 e. The molecule has 0 aromatic heterocycles. The molecule has 0 spiro atoms. The number of benzene rings is 3. The van der Waals surface area contributed by atoms with Gasteiger partial charge in [0.05, 0.1) is 17.9 Å². The molecule has 4 rings (SSSR count). The highest BCUT2D eigenvalue weighted by Crippen LogP contribution is 2.29. The molecule has 144 valence electrons. The molecule has 1 aliphatic rings. The molecule has 0 saturated carbocycles. The van der Waals surface area contributed by atoms with Crippen LogP contribution < -0.4 is 9.62 Å². The molecule has 0 radical (unpaired) electrons. The maximum Gasteiger partial charge on any atom is 0.235 e. The van der Waals surface area contributed by atoms with Crippen LogP contribution in [0.2, 0.25) is 0 Å². The fourth-order valence-electron chi connectivity index (χ4n) is 3.64. The minimum absolute atomic E-state index is 0.124. The van der Waals surface area contributed by atoms with Crippen LogP contribution in [-0.2, 0) is 21.2 Å². The number of nitrogens with zero attached hydrogens (tertiary/aromatic N) is 1. The summed E-state index contributed by atoms with van der Waals surface area (Å²) in [6.45, 7) is 2.38. The molecule has 0 unspecified atom stereocenters. The Kier molecular flexibility index (Phi) is 4.81. The van der Waals surface area contributed by atoms with E-state index in [1.807, 2.05) is 55.5 Å². The van der Waals surface area contributed by atoms with Gasteiger partial charge in [-0.05, 0) is 47.4 Å². The summed E-state index contributed by atoms with van der Waals surface area (Å²) in [5.74, 6) is 0.0461. The molecule has 5 nitrogen and oxygen atoms in total. The number of rotatable bonds is 4. The number of hydrogen-bond acceptors (Lipinski definition) is 3. The molecule has 0 aliphatic carbocycles. The van der Waals surface area contributed by atoms with E-state index in [2.05, 4.69) is 5.32 Å². The second-order valence-electron chi connectivity index (χ2n) is 7.10. The minimum atomic E-state index is -3.25. The van der Waals surface area contributed by atoms with Gasteiger partial charge in [-0.25, -0.2) is 8.42 Å². The van der Waals surface area contributed by atoms with E-state index in [0.717, 1.165) is 21.9 Å². The first-order chi connectivity index (χ1) is 13.4. The molecular formula is C22H22N2O3S. The molecule has 0 bridgehead atoms. The second-order valence-corrected chi connectivity index (χ2v) is 9.12. The van der Waals surface area contributed by atoms with Gasteiger partial charge >= 0.3 is 0 Å². The lowest BCUT2D eigenvalue weighted by Crippen LogP contribution is -2.25. The summed E-state index contributed by atoms with van der Waals surface area (Å²) in [6.07, 6.45) is 0.881. The van der Waals surface area contributed by atoms with Crippen molar-refractivity contribution in [2.24, 2.45) is 0 Å². The van der Waals surface area contributed by atoms with Gasteiger partial charge in [0, 0.05) is 12.2 Å². The zero-order valence-corrected chi connectivity index (χ0v) is 16.5. The Balaban J connectivity index is 1.57. The zero-order chi connectivity index (χ0) is 19.7. The number of amides is 1. The number of fused-ring (bicyclic) bond motifs is 1. The van der Waals surface area contributed by atoms with E-state index in [1.165, 1.54) is 4.31 Å². The minimum Gasteiger partial charge on any atom is -0.325 e. The number of hydrogen-bond donors (Lipinski definition) is 1. The second kappa shape index (κ2) is 7.28. The van der Waals surface area contributed by atoms with Gasteiger partial charge < -0.3 is 5.32 Å². The standard InChI is InChI=1S/C22H22N2O3S/c1-16-10-11-19(24-12-5-13-28(24,26)27)15-21(16)23-22(25)14-18-8-4-7-17-6-2-3-9-20(17)18/h2-4,6-11,15H,5,12-14H2,1H3,(H,23,25). The van der Waals surface area contributed by atoms with Gasteiger partial charge in [-0.2, -0.15) is 0 Å². The molecule has 0 atom stereocenters. The highest BCUT2D eigenvalue weighted by molar-refractivity contribution is 7.93. The highest BCUT2D eigenvalue weighted by atomic mass is 32.2. The Hall–Kier alpha value is -2.86. The highest BCUT2D eigenvalue weighted by Gasteiger charge is 2.28. The summed E-state index contributed by atoms with van der Waals surface area (Å²) < 4.78 is 25.8. The predicted molar refractivity (Wildman–Crippen MR) is 113 cm³/mol. The topological polar surface area (TPSA) is 66.5 Å². The van der Waals surface area contributed by atoms with Crippen molar-refractivity contribution < 1.29 is 13.2 Å². The Bertz CT molecular complexity index is 1150. The summed E-state index contributed by atoms with van der Waals surface area (Å²) in [5.41, 5.74) is 3.10. The summed E-state index contributed by atoms with van der Waals surface area (Å²) in [6, 6.07) is 19.3. The van der Waals surface area contributed by atoms with Crippen molar-refractivity contribution in [3.05, 3.63) is 71.8 Å². The summed E-state index contributed by atoms with van der Waals surface area (Å²) in [7, 11) is -3.25. The molecule has 1 amide bonds. The van der Waals surface area contributed by atoms with E-state index >= 15 is 0 Å². The van der Waals surface area contributed by atoms with E-state index in [0.29, 0.717) is 24.3 Å². The lowest BCUT2D eigenvalue weighted by molar-refractivity contribution is -0.115. The third kappa shape index (κ3) is 3.60. The van der Waals surface area contributed by atoms with Crippen LogP contribution in [0.15, 0.2) is 60.7 Å². The van der Waals surface area contributed by atoms with Crippen LogP contribution in [-0.4, -0.2) is 26.6 Å². The van der Waals surface area contributed by atoms with Gasteiger partial charge in [-0.3, -0.25) is 9.10 Å². The van der Waals surface area contributed by atoms with Gasteiger partial charge in [0.15, 0.2) is 0 Å². The number of nitrogens with one attached hydrogen (secondary N) is 1. The number of aryl methyl sites for hydroxylation is 1. The third-order valence-corrected chi connectivity index (χ3v) is 6.98.